The quantitative estimate of drug-likeness (QED) is 0.750. The van der Waals surface area contributed by atoms with Gasteiger partial charge in [0.1, 0.15) is 0 Å². The number of aromatic nitrogens is 1. The minimum Gasteiger partial charge on any atom is -0.363 e. The number of aromatic amines is 1. The minimum atomic E-state index is -4.90. The molecule has 0 saturated carbocycles. The van der Waals surface area contributed by atoms with Crippen molar-refractivity contribution in [3.63, 3.8) is 0 Å². The smallest absolute Gasteiger partial charge is 0.363 e. The number of nitrogens with one attached hydrogen (secondary N) is 2. The highest BCUT2D eigenvalue weighted by atomic mass is 19.4. The molecule has 1 fully saturated rings. The van der Waals surface area contributed by atoms with E-state index in [0.29, 0.717) is 10.9 Å². The lowest BCUT2D eigenvalue weighted by Crippen LogP contribution is -2.53. The van der Waals surface area contributed by atoms with Gasteiger partial charge in [-0.05, 0) is 11.6 Å². The molecule has 7 heteroatoms. The molecule has 2 atom stereocenters. The topological polar surface area (TPSA) is 65.1 Å². The summed E-state index contributed by atoms with van der Waals surface area (Å²) in [6.45, 7) is 0. The Bertz CT molecular complexity index is 680. The molecule has 1 amide bonds. The van der Waals surface area contributed by atoms with E-state index < -0.39 is 30.1 Å². The van der Waals surface area contributed by atoms with Crippen LogP contribution in [0.15, 0.2) is 30.5 Å². The predicted octanol–water partition coefficient (Wildman–Crippen LogP) is 2.02. The fraction of sp³-hybridized carbons (Fsp3) is 0.308. The van der Waals surface area contributed by atoms with E-state index >= 15 is 0 Å². The van der Waals surface area contributed by atoms with Crippen LogP contribution in [-0.4, -0.2) is 27.9 Å². The maximum absolute atomic E-state index is 12.8. The fourth-order valence-corrected chi connectivity index (χ4v) is 2.55. The van der Waals surface area contributed by atoms with Gasteiger partial charge in [-0.3, -0.25) is 4.79 Å². The van der Waals surface area contributed by atoms with Crippen LogP contribution in [0.25, 0.3) is 10.9 Å². The number of para-hydroxylation sites is 1. The maximum Gasteiger partial charge on any atom is 0.436 e. The van der Waals surface area contributed by atoms with Crippen molar-refractivity contribution < 1.29 is 23.1 Å². The third-order valence-corrected chi connectivity index (χ3v) is 3.61. The molecule has 1 aromatic carbocycles. The molecular formula is C13H11F3N2O2. The second-order valence-corrected chi connectivity index (χ2v) is 4.89. The van der Waals surface area contributed by atoms with Crippen molar-refractivity contribution in [3.05, 3.63) is 36.0 Å². The van der Waals surface area contributed by atoms with E-state index in [-0.39, 0.29) is 0 Å². The first-order valence-electron chi connectivity index (χ1n) is 5.99. The highest BCUT2D eigenvalue weighted by molar-refractivity contribution is 5.93. The molecule has 1 saturated heterocycles. The summed E-state index contributed by atoms with van der Waals surface area (Å²) in [4.78, 5) is 14.7. The first kappa shape index (κ1) is 13.0. The number of fused-ring (bicyclic) bond motifs is 1. The van der Waals surface area contributed by atoms with E-state index in [2.05, 4.69) is 4.98 Å². The third-order valence-electron chi connectivity index (χ3n) is 3.61. The van der Waals surface area contributed by atoms with Gasteiger partial charge in [0.25, 0.3) is 0 Å². The molecule has 2 aromatic rings. The van der Waals surface area contributed by atoms with Crippen LogP contribution in [0.4, 0.5) is 13.2 Å². The summed E-state index contributed by atoms with van der Waals surface area (Å²) in [5, 5.41) is 11.9. The van der Waals surface area contributed by atoms with Crippen LogP contribution in [0.1, 0.15) is 17.9 Å². The molecule has 4 nitrogen and oxygen atoms in total. The van der Waals surface area contributed by atoms with E-state index in [0.717, 1.165) is 5.52 Å². The summed E-state index contributed by atoms with van der Waals surface area (Å²) in [5.41, 5.74) is -1.97. The molecule has 20 heavy (non-hydrogen) atoms. The van der Waals surface area contributed by atoms with Gasteiger partial charge in [-0.15, -0.1) is 0 Å². The van der Waals surface area contributed by atoms with Crippen molar-refractivity contribution in [1.29, 1.82) is 0 Å². The van der Waals surface area contributed by atoms with Gasteiger partial charge in [-0.1, -0.05) is 18.2 Å². The average molecular weight is 284 g/mol. The maximum atomic E-state index is 12.8. The zero-order valence-corrected chi connectivity index (χ0v) is 10.2. The van der Waals surface area contributed by atoms with Crippen LogP contribution in [0.2, 0.25) is 0 Å². The van der Waals surface area contributed by atoms with Gasteiger partial charge in [0.05, 0.1) is 5.92 Å². The summed E-state index contributed by atoms with van der Waals surface area (Å²) in [6, 6.07) is 7.01. The van der Waals surface area contributed by atoms with Crippen molar-refractivity contribution in [2.45, 2.75) is 24.2 Å². The fourth-order valence-electron chi connectivity index (χ4n) is 2.55. The normalized spacial score (nSPS) is 27.0. The van der Waals surface area contributed by atoms with Gasteiger partial charge < -0.3 is 15.4 Å². The Morgan fingerprint density at radius 3 is 2.65 bits per heavy atom. The van der Waals surface area contributed by atoms with Gasteiger partial charge in [0, 0.05) is 23.5 Å². The van der Waals surface area contributed by atoms with Crippen molar-refractivity contribution >= 4 is 16.8 Å². The zero-order valence-electron chi connectivity index (χ0n) is 10.2. The number of carbonyl (C=O) groups is 1. The number of halogens is 3. The SMILES string of the molecule is O=C1N[C@@](O)(C(F)(F)F)C[C@H]1c1c[nH]c2ccccc12. The van der Waals surface area contributed by atoms with Gasteiger partial charge in [-0.2, -0.15) is 13.2 Å². The third kappa shape index (κ3) is 1.77. The standard InChI is InChI=1S/C13H11F3N2O2/c14-13(15,16)12(20)5-8(11(19)18-12)9-6-17-10-4-2-1-3-7(9)10/h1-4,6,8,17,20H,5H2,(H,18,19)/t8-,12-/m0/s1. The Labute approximate surface area is 111 Å². The number of hydrogen-bond donors (Lipinski definition) is 3. The molecule has 1 aliphatic rings. The van der Waals surface area contributed by atoms with E-state index in [4.69, 9.17) is 0 Å². The van der Waals surface area contributed by atoms with E-state index in [9.17, 15) is 23.1 Å². The summed E-state index contributed by atoms with van der Waals surface area (Å²) in [7, 11) is 0. The van der Waals surface area contributed by atoms with Crippen molar-refractivity contribution in [2.75, 3.05) is 0 Å². The van der Waals surface area contributed by atoms with Crippen LogP contribution in [-0.2, 0) is 4.79 Å². The van der Waals surface area contributed by atoms with Gasteiger partial charge in [0.15, 0.2) is 0 Å². The van der Waals surface area contributed by atoms with Gasteiger partial charge >= 0.3 is 6.18 Å². The Kier molecular flexibility index (Phi) is 2.59. The lowest BCUT2D eigenvalue weighted by Gasteiger charge is -2.25. The highest BCUT2D eigenvalue weighted by Crippen LogP contribution is 2.42. The molecule has 1 aromatic heterocycles. The Morgan fingerprint density at radius 1 is 1.30 bits per heavy atom. The van der Waals surface area contributed by atoms with Crippen molar-refractivity contribution in [1.82, 2.24) is 10.3 Å². The van der Waals surface area contributed by atoms with Crippen molar-refractivity contribution in [3.8, 4) is 0 Å². The second-order valence-electron chi connectivity index (χ2n) is 4.89. The Balaban J connectivity index is 2.02. The number of alkyl halides is 3. The number of benzene rings is 1. The molecular weight excluding hydrogens is 273 g/mol. The average Bonchev–Trinajstić information content (AvgIpc) is 2.90. The van der Waals surface area contributed by atoms with E-state index in [1.54, 1.807) is 29.6 Å². The van der Waals surface area contributed by atoms with Gasteiger partial charge in [-0.25, -0.2) is 0 Å². The summed E-state index contributed by atoms with van der Waals surface area (Å²) >= 11 is 0. The first-order valence-corrected chi connectivity index (χ1v) is 5.99. The lowest BCUT2D eigenvalue weighted by atomic mass is 9.94. The molecule has 0 bridgehead atoms. The molecule has 3 rings (SSSR count). The first-order chi connectivity index (χ1) is 9.32. The van der Waals surface area contributed by atoms with Crippen LogP contribution < -0.4 is 5.32 Å². The molecule has 0 spiro atoms. The number of aliphatic hydroxyl groups is 1. The van der Waals surface area contributed by atoms with Crippen molar-refractivity contribution in [2.24, 2.45) is 0 Å². The molecule has 0 radical (unpaired) electrons. The number of hydrogen-bond acceptors (Lipinski definition) is 2. The van der Waals surface area contributed by atoms with Crippen LogP contribution in [0.5, 0.6) is 0 Å². The number of rotatable bonds is 1. The molecule has 2 heterocycles. The Morgan fingerprint density at radius 2 is 2.00 bits per heavy atom. The van der Waals surface area contributed by atoms with Gasteiger partial charge in [0.2, 0.25) is 11.6 Å². The van der Waals surface area contributed by atoms with Crippen LogP contribution in [0, 0.1) is 0 Å². The zero-order chi connectivity index (χ0) is 14.5. The van der Waals surface area contributed by atoms with Crippen LogP contribution in [0.3, 0.4) is 0 Å². The minimum absolute atomic E-state index is 0.457. The van der Waals surface area contributed by atoms with E-state index in [1.807, 2.05) is 0 Å². The number of amides is 1. The summed E-state index contributed by atoms with van der Waals surface area (Å²) < 4.78 is 38.3. The molecule has 3 N–H and O–H groups in total. The molecule has 0 unspecified atom stereocenters. The number of carbonyl (C=O) groups excluding carboxylic acids is 1. The molecule has 106 valence electrons. The predicted molar refractivity (Wildman–Crippen MR) is 64.8 cm³/mol. The lowest BCUT2D eigenvalue weighted by molar-refractivity contribution is -0.266. The number of H-pyrrole nitrogens is 1. The summed E-state index contributed by atoms with van der Waals surface area (Å²) in [6.07, 6.45) is -4.11. The second kappa shape index (κ2) is 3.99. The largest absolute Gasteiger partial charge is 0.436 e. The monoisotopic (exact) mass is 284 g/mol. The van der Waals surface area contributed by atoms with Crippen LogP contribution >= 0.6 is 0 Å². The molecule has 0 aliphatic carbocycles. The summed E-state index contributed by atoms with van der Waals surface area (Å²) in [5.74, 6) is -1.85. The van der Waals surface area contributed by atoms with E-state index in [1.165, 1.54) is 6.20 Å². The highest BCUT2D eigenvalue weighted by Gasteiger charge is 2.61. The Hall–Kier alpha value is -2.02. The molecule has 1 aliphatic heterocycles.